The second-order valence-electron chi connectivity index (χ2n) is 4.51. The Labute approximate surface area is 114 Å². The number of hydrogen-bond acceptors (Lipinski definition) is 3. The molecule has 4 heteroatoms. The fourth-order valence-corrected chi connectivity index (χ4v) is 3.10. The van der Waals surface area contributed by atoms with Crippen LogP contribution < -0.4 is 0 Å². The van der Waals surface area contributed by atoms with Crippen molar-refractivity contribution in [2.75, 3.05) is 0 Å². The molecule has 0 amide bonds. The van der Waals surface area contributed by atoms with Crippen LogP contribution in [0.2, 0.25) is 0 Å². The monoisotopic (exact) mass is 265 g/mol. The lowest BCUT2D eigenvalue weighted by molar-refractivity contribution is 1.21. The summed E-state index contributed by atoms with van der Waals surface area (Å²) in [6.45, 7) is 2.11. The average Bonchev–Trinajstić information content (AvgIpc) is 3.04. The second-order valence-corrected chi connectivity index (χ2v) is 5.80. The molecule has 92 valence electrons. The molecule has 0 bridgehead atoms. The van der Waals surface area contributed by atoms with Gasteiger partial charge in [-0.3, -0.25) is 9.38 Å². The Morgan fingerprint density at radius 3 is 2.84 bits per heavy atom. The van der Waals surface area contributed by atoms with Crippen LogP contribution in [0, 0.1) is 6.92 Å². The minimum Gasteiger partial charge on any atom is -0.296 e. The molecule has 4 aromatic rings. The van der Waals surface area contributed by atoms with Crippen molar-refractivity contribution in [3.8, 4) is 10.6 Å². The van der Waals surface area contributed by atoms with Crippen molar-refractivity contribution < 1.29 is 0 Å². The highest BCUT2D eigenvalue weighted by Gasteiger charge is 2.08. The molecule has 0 saturated carbocycles. The van der Waals surface area contributed by atoms with E-state index >= 15 is 0 Å². The number of benzene rings is 1. The lowest BCUT2D eigenvalue weighted by Crippen LogP contribution is -1.88. The highest BCUT2D eigenvalue weighted by Crippen LogP contribution is 2.28. The minimum absolute atomic E-state index is 0.889. The van der Waals surface area contributed by atoms with Gasteiger partial charge in [-0.2, -0.15) is 0 Å². The van der Waals surface area contributed by atoms with Crippen LogP contribution in [0.25, 0.3) is 27.3 Å². The number of hydrogen-bond donors (Lipinski definition) is 0. The molecule has 0 atom stereocenters. The van der Waals surface area contributed by atoms with Crippen LogP contribution >= 0.6 is 11.3 Å². The van der Waals surface area contributed by atoms with Gasteiger partial charge in [0.25, 0.3) is 0 Å². The zero-order valence-corrected chi connectivity index (χ0v) is 11.2. The number of fused-ring (bicyclic) bond motifs is 3. The van der Waals surface area contributed by atoms with E-state index in [1.54, 1.807) is 11.3 Å². The van der Waals surface area contributed by atoms with Crippen LogP contribution in [0.3, 0.4) is 0 Å². The van der Waals surface area contributed by atoms with Gasteiger partial charge in [0.2, 0.25) is 0 Å². The fraction of sp³-hybridized carbons (Fsp3) is 0.0667. The summed E-state index contributed by atoms with van der Waals surface area (Å²) >= 11 is 1.77. The molecule has 0 aliphatic heterocycles. The second kappa shape index (κ2) is 3.90. The molecule has 0 saturated heterocycles. The van der Waals surface area contributed by atoms with Gasteiger partial charge in [-0.15, -0.1) is 11.3 Å². The first-order chi connectivity index (χ1) is 9.31. The van der Waals surface area contributed by atoms with Gasteiger partial charge in [-0.1, -0.05) is 12.1 Å². The van der Waals surface area contributed by atoms with Crippen LogP contribution in [0.5, 0.6) is 0 Å². The Kier molecular flexibility index (Phi) is 2.19. The number of thiophene rings is 1. The highest BCUT2D eigenvalue weighted by atomic mass is 32.1. The molecule has 0 unspecified atom stereocenters. The summed E-state index contributed by atoms with van der Waals surface area (Å²) in [6, 6.07) is 12.4. The van der Waals surface area contributed by atoms with E-state index in [2.05, 4.69) is 45.7 Å². The maximum Gasteiger partial charge on any atom is 0.156 e. The molecule has 0 spiro atoms. The van der Waals surface area contributed by atoms with Crippen molar-refractivity contribution in [2.24, 2.45) is 0 Å². The summed E-state index contributed by atoms with van der Waals surface area (Å²) in [7, 11) is 0. The first-order valence-corrected chi connectivity index (χ1v) is 6.92. The predicted molar refractivity (Wildman–Crippen MR) is 78.5 cm³/mol. The lowest BCUT2D eigenvalue weighted by Gasteiger charge is -1.99. The summed E-state index contributed by atoms with van der Waals surface area (Å²) in [4.78, 5) is 11.6. The number of aryl methyl sites for hydroxylation is 1. The van der Waals surface area contributed by atoms with Crippen LogP contribution in [-0.2, 0) is 0 Å². The number of nitrogens with zero attached hydrogens (tertiary/aromatic N) is 3. The molecule has 3 nitrogen and oxygen atoms in total. The van der Waals surface area contributed by atoms with E-state index in [4.69, 9.17) is 0 Å². The van der Waals surface area contributed by atoms with Gasteiger partial charge >= 0.3 is 0 Å². The first-order valence-electron chi connectivity index (χ1n) is 6.11. The van der Waals surface area contributed by atoms with Gasteiger partial charge in [0.1, 0.15) is 0 Å². The third-order valence-corrected chi connectivity index (χ3v) is 4.21. The smallest absolute Gasteiger partial charge is 0.156 e. The minimum atomic E-state index is 0.889. The molecule has 4 rings (SSSR count). The molecule has 0 radical (unpaired) electrons. The maximum absolute atomic E-state index is 4.66. The van der Waals surface area contributed by atoms with Crippen molar-refractivity contribution in [1.82, 2.24) is 14.4 Å². The summed E-state index contributed by atoms with van der Waals surface area (Å²) < 4.78 is 2.10. The third-order valence-electron chi connectivity index (χ3n) is 3.19. The number of imidazole rings is 1. The summed E-state index contributed by atoms with van der Waals surface area (Å²) in [6.07, 6.45) is 3.91. The summed E-state index contributed by atoms with van der Waals surface area (Å²) in [5.41, 5.74) is 3.98. The van der Waals surface area contributed by atoms with Crippen molar-refractivity contribution in [3.63, 3.8) is 0 Å². The summed E-state index contributed by atoms with van der Waals surface area (Å²) in [5.74, 6) is 0. The topological polar surface area (TPSA) is 30.2 Å². The van der Waals surface area contributed by atoms with Crippen LogP contribution in [0.4, 0.5) is 0 Å². The normalized spacial score (nSPS) is 11.4. The Bertz CT molecular complexity index is 889. The van der Waals surface area contributed by atoms with Crippen LogP contribution in [-0.4, -0.2) is 14.4 Å². The fourth-order valence-electron chi connectivity index (χ4n) is 2.27. The molecule has 0 N–H and O–H groups in total. The van der Waals surface area contributed by atoms with Gasteiger partial charge in [-0.05, 0) is 31.2 Å². The quantitative estimate of drug-likeness (QED) is 0.522. The van der Waals surface area contributed by atoms with Gasteiger partial charge in [-0.25, -0.2) is 4.98 Å². The third kappa shape index (κ3) is 1.64. The SMILES string of the molecule is Cc1ccc(-c2cn3c(cnc4ccccc43)n2)s1. The van der Waals surface area contributed by atoms with Gasteiger partial charge in [0.05, 0.1) is 27.8 Å². The molecule has 0 aliphatic rings. The van der Waals surface area contributed by atoms with E-state index in [9.17, 15) is 0 Å². The number of aromatic nitrogens is 3. The Balaban J connectivity index is 2.03. The molecular formula is C15H11N3S. The molecular weight excluding hydrogens is 254 g/mol. The van der Waals surface area contributed by atoms with E-state index in [-0.39, 0.29) is 0 Å². The van der Waals surface area contributed by atoms with Crippen molar-refractivity contribution in [2.45, 2.75) is 6.92 Å². The molecule has 19 heavy (non-hydrogen) atoms. The van der Waals surface area contributed by atoms with E-state index in [0.717, 1.165) is 22.4 Å². The average molecular weight is 265 g/mol. The largest absolute Gasteiger partial charge is 0.296 e. The molecule has 1 aromatic carbocycles. The number of para-hydroxylation sites is 2. The van der Waals surface area contributed by atoms with Crippen molar-refractivity contribution >= 4 is 28.0 Å². The Morgan fingerprint density at radius 1 is 1.11 bits per heavy atom. The summed E-state index contributed by atoms with van der Waals surface area (Å²) in [5, 5.41) is 0. The first kappa shape index (κ1) is 10.7. The van der Waals surface area contributed by atoms with Crippen LogP contribution in [0.15, 0.2) is 48.8 Å². The van der Waals surface area contributed by atoms with E-state index in [1.165, 1.54) is 9.75 Å². The van der Waals surface area contributed by atoms with Gasteiger partial charge in [0.15, 0.2) is 5.65 Å². The Hall–Kier alpha value is -2.20. The molecule has 0 fully saturated rings. The number of rotatable bonds is 1. The Morgan fingerprint density at radius 2 is 2.00 bits per heavy atom. The van der Waals surface area contributed by atoms with E-state index in [1.807, 2.05) is 24.4 Å². The zero-order valence-electron chi connectivity index (χ0n) is 10.4. The lowest BCUT2D eigenvalue weighted by atomic mass is 10.3. The predicted octanol–water partition coefficient (Wildman–Crippen LogP) is 3.92. The van der Waals surface area contributed by atoms with Crippen molar-refractivity contribution in [3.05, 3.63) is 53.7 Å². The molecule has 0 aliphatic carbocycles. The van der Waals surface area contributed by atoms with Gasteiger partial charge in [0, 0.05) is 11.1 Å². The van der Waals surface area contributed by atoms with E-state index in [0.29, 0.717) is 0 Å². The highest BCUT2D eigenvalue weighted by molar-refractivity contribution is 7.15. The van der Waals surface area contributed by atoms with E-state index < -0.39 is 0 Å². The van der Waals surface area contributed by atoms with Crippen molar-refractivity contribution in [1.29, 1.82) is 0 Å². The van der Waals surface area contributed by atoms with Crippen LogP contribution in [0.1, 0.15) is 4.88 Å². The van der Waals surface area contributed by atoms with Gasteiger partial charge < -0.3 is 0 Å². The standard InChI is InChI=1S/C15H11N3S/c1-10-6-7-14(19-10)12-9-18-13-5-3-2-4-11(13)16-8-15(18)17-12/h2-9H,1H3. The molecule has 3 aromatic heterocycles. The molecule has 3 heterocycles. The maximum atomic E-state index is 4.66. The zero-order chi connectivity index (χ0) is 12.8.